The molecule has 4 nitrogen and oxygen atoms in total. The average molecular weight is 259 g/mol. The van der Waals surface area contributed by atoms with E-state index in [1.807, 2.05) is 6.92 Å². The first-order valence-electron chi connectivity index (χ1n) is 7.07. The van der Waals surface area contributed by atoms with Crippen molar-refractivity contribution >= 4 is 11.0 Å². The number of aromatic amines is 1. The van der Waals surface area contributed by atoms with Gasteiger partial charge in [0.2, 0.25) is 0 Å². The Labute approximate surface area is 113 Å². The van der Waals surface area contributed by atoms with Crippen molar-refractivity contribution in [3.63, 3.8) is 0 Å². The molecule has 102 valence electrons. The summed E-state index contributed by atoms with van der Waals surface area (Å²) in [4.78, 5) is 7.68. The zero-order chi connectivity index (χ0) is 13.2. The number of rotatable bonds is 3. The van der Waals surface area contributed by atoms with Gasteiger partial charge in [-0.25, -0.2) is 4.98 Å². The molecular weight excluding hydrogens is 238 g/mol. The maximum Gasteiger partial charge on any atom is 0.104 e. The van der Waals surface area contributed by atoms with Crippen molar-refractivity contribution in [2.45, 2.75) is 51.3 Å². The van der Waals surface area contributed by atoms with Crippen molar-refractivity contribution in [1.82, 2.24) is 15.3 Å². The van der Waals surface area contributed by atoms with E-state index in [2.05, 4.69) is 33.5 Å². The molecular formula is C15H21N3O. The summed E-state index contributed by atoms with van der Waals surface area (Å²) in [5.74, 6) is 0.960. The second-order valence-electron chi connectivity index (χ2n) is 5.56. The summed E-state index contributed by atoms with van der Waals surface area (Å²) in [6, 6.07) is 6.91. The van der Waals surface area contributed by atoms with Crippen LogP contribution in [-0.2, 0) is 6.54 Å². The SMILES string of the molecule is Cc1nc2ccc(CNC3CCC(O)CC3)cc2[nH]1. The number of nitrogens with one attached hydrogen (secondary N) is 2. The molecule has 3 N–H and O–H groups in total. The lowest BCUT2D eigenvalue weighted by Crippen LogP contribution is -2.34. The number of benzene rings is 1. The minimum absolute atomic E-state index is 0.0811. The molecule has 0 unspecified atom stereocenters. The molecule has 1 aliphatic carbocycles. The second kappa shape index (κ2) is 5.31. The van der Waals surface area contributed by atoms with Gasteiger partial charge < -0.3 is 15.4 Å². The minimum Gasteiger partial charge on any atom is -0.393 e. The van der Waals surface area contributed by atoms with Crippen LogP contribution < -0.4 is 5.32 Å². The predicted octanol–water partition coefficient (Wildman–Crippen LogP) is 2.26. The van der Waals surface area contributed by atoms with Crippen molar-refractivity contribution in [3.05, 3.63) is 29.6 Å². The molecule has 0 radical (unpaired) electrons. The third-order valence-electron chi connectivity index (χ3n) is 3.96. The van der Waals surface area contributed by atoms with E-state index in [1.54, 1.807) is 0 Å². The monoisotopic (exact) mass is 259 g/mol. The third kappa shape index (κ3) is 2.96. The van der Waals surface area contributed by atoms with Crippen LogP contribution in [0.15, 0.2) is 18.2 Å². The number of imidazole rings is 1. The van der Waals surface area contributed by atoms with Gasteiger partial charge in [-0.15, -0.1) is 0 Å². The summed E-state index contributed by atoms with van der Waals surface area (Å²) in [6.07, 6.45) is 3.92. The van der Waals surface area contributed by atoms with Gasteiger partial charge in [0.15, 0.2) is 0 Å². The summed E-state index contributed by atoms with van der Waals surface area (Å²) in [5, 5.41) is 13.1. The van der Waals surface area contributed by atoms with Gasteiger partial charge in [0, 0.05) is 12.6 Å². The first-order valence-corrected chi connectivity index (χ1v) is 7.07. The quantitative estimate of drug-likeness (QED) is 0.792. The summed E-state index contributed by atoms with van der Waals surface area (Å²) in [7, 11) is 0. The van der Waals surface area contributed by atoms with Gasteiger partial charge in [-0.3, -0.25) is 0 Å². The molecule has 19 heavy (non-hydrogen) atoms. The molecule has 2 aromatic rings. The van der Waals surface area contributed by atoms with Crippen molar-refractivity contribution in [1.29, 1.82) is 0 Å². The average Bonchev–Trinajstić information content (AvgIpc) is 2.77. The number of aryl methyl sites for hydroxylation is 1. The standard InChI is InChI=1S/C15H21N3O/c1-10-17-14-7-2-11(8-15(14)18-10)9-16-12-3-5-13(19)6-4-12/h2,7-8,12-13,16,19H,3-6,9H2,1H3,(H,17,18). The smallest absolute Gasteiger partial charge is 0.104 e. The highest BCUT2D eigenvalue weighted by Gasteiger charge is 2.18. The van der Waals surface area contributed by atoms with Gasteiger partial charge >= 0.3 is 0 Å². The highest BCUT2D eigenvalue weighted by molar-refractivity contribution is 5.75. The number of aromatic nitrogens is 2. The second-order valence-corrected chi connectivity index (χ2v) is 5.56. The van der Waals surface area contributed by atoms with Crippen LogP contribution in [0.4, 0.5) is 0 Å². The lowest BCUT2D eigenvalue weighted by Gasteiger charge is -2.26. The zero-order valence-electron chi connectivity index (χ0n) is 11.3. The van der Waals surface area contributed by atoms with E-state index in [1.165, 1.54) is 5.56 Å². The van der Waals surface area contributed by atoms with E-state index < -0.39 is 0 Å². The van der Waals surface area contributed by atoms with E-state index in [4.69, 9.17) is 0 Å². The molecule has 3 rings (SSSR count). The normalized spacial score (nSPS) is 23.9. The van der Waals surface area contributed by atoms with E-state index in [-0.39, 0.29) is 6.10 Å². The molecule has 1 aliphatic rings. The Morgan fingerprint density at radius 3 is 2.89 bits per heavy atom. The maximum absolute atomic E-state index is 9.49. The minimum atomic E-state index is -0.0811. The highest BCUT2D eigenvalue weighted by atomic mass is 16.3. The van der Waals surface area contributed by atoms with Crippen LogP contribution in [0.3, 0.4) is 0 Å². The van der Waals surface area contributed by atoms with E-state index in [9.17, 15) is 5.11 Å². The molecule has 0 atom stereocenters. The Hall–Kier alpha value is -1.39. The molecule has 1 aromatic heterocycles. The Morgan fingerprint density at radius 2 is 2.11 bits per heavy atom. The number of aliphatic hydroxyl groups is 1. The Bertz CT molecular complexity index is 556. The van der Waals surface area contributed by atoms with Gasteiger partial charge in [0.05, 0.1) is 17.1 Å². The molecule has 0 aliphatic heterocycles. The molecule has 1 fully saturated rings. The highest BCUT2D eigenvalue weighted by Crippen LogP contribution is 2.19. The van der Waals surface area contributed by atoms with Crippen LogP contribution in [-0.4, -0.2) is 27.2 Å². The third-order valence-corrected chi connectivity index (χ3v) is 3.96. The summed E-state index contributed by atoms with van der Waals surface area (Å²) in [5.41, 5.74) is 3.42. The van der Waals surface area contributed by atoms with Crippen molar-refractivity contribution in [3.8, 4) is 0 Å². The number of hydrogen-bond donors (Lipinski definition) is 3. The number of H-pyrrole nitrogens is 1. The molecule has 1 aromatic carbocycles. The largest absolute Gasteiger partial charge is 0.393 e. The van der Waals surface area contributed by atoms with E-state index >= 15 is 0 Å². The summed E-state index contributed by atoms with van der Waals surface area (Å²) in [6.45, 7) is 2.86. The van der Waals surface area contributed by atoms with Crippen molar-refractivity contribution in [2.75, 3.05) is 0 Å². The Balaban J connectivity index is 1.61. The molecule has 0 bridgehead atoms. The van der Waals surface area contributed by atoms with Gasteiger partial charge in [0.25, 0.3) is 0 Å². The molecule has 0 amide bonds. The lowest BCUT2D eigenvalue weighted by atomic mass is 9.93. The van der Waals surface area contributed by atoms with Gasteiger partial charge in [-0.2, -0.15) is 0 Å². The maximum atomic E-state index is 9.49. The predicted molar refractivity (Wildman–Crippen MR) is 75.9 cm³/mol. The van der Waals surface area contributed by atoms with Crippen LogP contribution in [0.2, 0.25) is 0 Å². The van der Waals surface area contributed by atoms with Crippen molar-refractivity contribution in [2.24, 2.45) is 0 Å². The van der Waals surface area contributed by atoms with Gasteiger partial charge in [0.1, 0.15) is 5.82 Å². The molecule has 0 saturated heterocycles. The fraction of sp³-hybridized carbons (Fsp3) is 0.533. The number of hydrogen-bond acceptors (Lipinski definition) is 3. The first-order chi connectivity index (χ1) is 9.20. The van der Waals surface area contributed by atoms with Gasteiger partial charge in [-0.05, 0) is 50.3 Å². The van der Waals surface area contributed by atoms with Gasteiger partial charge in [-0.1, -0.05) is 6.07 Å². The summed E-state index contributed by atoms with van der Waals surface area (Å²) < 4.78 is 0. The Kier molecular flexibility index (Phi) is 3.53. The molecule has 1 heterocycles. The topological polar surface area (TPSA) is 60.9 Å². The first kappa shape index (κ1) is 12.6. The molecule has 1 saturated carbocycles. The fourth-order valence-electron chi connectivity index (χ4n) is 2.84. The van der Waals surface area contributed by atoms with Crippen LogP contribution in [0.5, 0.6) is 0 Å². The molecule has 0 spiro atoms. The van der Waals surface area contributed by atoms with Crippen LogP contribution in [0.25, 0.3) is 11.0 Å². The van der Waals surface area contributed by atoms with Crippen LogP contribution in [0.1, 0.15) is 37.1 Å². The van der Waals surface area contributed by atoms with Crippen LogP contribution >= 0.6 is 0 Å². The Morgan fingerprint density at radius 1 is 1.32 bits per heavy atom. The van der Waals surface area contributed by atoms with E-state index in [0.29, 0.717) is 6.04 Å². The zero-order valence-corrected chi connectivity index (χ0v) is 11.3. The molecule has 4 heteroatoms. The fourth-order valence-corrected chi connectivity index (χ4v) is 2.84. The van der Waals surface area contributed by atoms with Crippen molar-refractivity contribution < 1.29 is 5.11 Å². The summed E-state index contributed by atoms with van der Waals surface area (Å²) >= 11 is 0. The number of fused-ring (bicyclic) bond motifs is 1. The van der Waals surface area contributed by atoms with E-state index in [0.717, 1.165) is 49.1 Å². The number of aliphatic hydroxyl groups excluding tert-OH is 1. The lowest BCUT2D eigenvalue weighted by molar-refractivity contribution is 0.116. The number of nitrogens with zero attached hydrogens (tertiary/aromatic N) is 1. The van der Waals surface area contributed by atoms with Crippen LogP contribution in [0, 0.1) is 6.92 Å².